The van der Waals surface area contributed by atoms with E-state index in [-0.39, 0.29) is 18.8 Å². The molecule has 0 aromatic heterocycles. The van der Waals surface area contributed by atoms with Gasteiger partial charge in [0.25, 0.3) is 5.91 Å². The second-order valence-electron chi connectivity index (χ2n) is 4.52. The Bertz CT molecular complexity index is 597. The van der Waals surface area contributed by atoms with E-state index in [1.165, 1.54) is 24.3 Å². The number of carbonyl (C=O) groups excluding carboxylic acids is 2. The number of anilines is 1. The van der Waals surface area contributed by atoms with Crippen molar-refractivity contribution < 1.29 is 18.7 Å². The quantitative estimate of drug-likeness (QED) is 0.827. The van der Waals surface area contributed by atoms with Crippen LogP contribution in [0, 0.1) is 5.82 Å². The first-order chi connectivity index (χ1) is 10.5. The Balaban J connectivity index is 1.76. The molecule has 0 fully saturated rings. The van der Waals surface area contributed by atoms with Crippen molar-refractivity contribution in [1.82, 2.24) is 0 Å². The van der Waals surface area contributed by atoms with Crippen LogP contribution >= 0.6 is 15.9 Å². The van der Waals surface area contributed by atoms with Gasteiger partial charge in [0.2, 0.25) is 0 Å². The maximum absolute atomic E-state index is 12.7. The Morgan fingerprint density at radius 1 is 1.05 bits per heavy atom. The summed E-state index contributed by atoms with van der Waals surface area (Å²) in [5.74, 6) is -1.33. The van der Waals surface area contributed by atoms with E-state index < -0.39 is 11.9 Å². The number of halogens is 2. The highest BCUT2D eigenvalue weighted by Gasteiger charge is 2.09. The molecule has 0 bridgehead atoms. The van der Waals surface area contributed by atoms with Crippen molar-refractivity contribution in [3.8, 4) is 0 Å². The number of nitrogens with one attached hydrogen (secondary N) is 1. The lowest BCUT2D eigenvalue weighted by molar-refractivity contribution is -0.146. The molecule has 0 aliphatic rings. The van der Waals surface area contributed by atoms with Gasteiger partial charge in [0.1, 0.15) is 5.82 Å². The Morgan fingerprint density at radius 2 is 1.68 bits per heavy atom. The van der Waals surface area contributed by atoms with Crippen molar-refractivity contribution in [2.75, 3.05) is 11.9 Å². The van der Waals surface area contributed by atoms with Crippen LogP contribution in [0.3, 0.4) is 0 Å². The van der Waals surface area contributed by atoms with E-state index in [2.05, 4.69) is 21.2 Å². The fourth-order valence-corrected chi connectivity index (χ4v) is 1.96. The monoisotopic (exact) mass is 365 g/mol. The molecule has 2 rings (SSSR count). The molecule has 0 heterocycles. The van der Waals surface area contributed by atoms with Crippen molar-refractivity contribution >= 4 is 33.5 Å². The van der Waals surface area contributed by atoms with Crippen LogP contribution in [0.2, 0.25) is 0 Å². The fourth-order valence-electron chi connectivity index (χ4n) is 1.70. The molecule has 0 saturated carbocycles. The third-order valence-electron chi connectivity index (χ3n) is 2.75. The highest BCUT2D eigenvalue weighted by Crippen LogP contribution is 2.14. The molecule has 1 amide bonds. The summed E-state index contributed by atoms with van der Waals surface area (Å²) in [5, 5.41) is 2.61. The van der Waals surface area contributed by atoms with Crippen molar-refractivity contribution in [1.29, 1.82) is 0 Å². The summed E-state index contributed by atoms with van der Waals surface area (Å²) < 4.78 is 18.5. The van der Waals surface area contributed by atoms with E-state index in [0.717, 1.165) is 4.47 Å². The van der Waals surface area contributed by atoms with Crippen molar-refractivity contribution in [2.45, 2.75) is 6.42 Å². The first kappa shape index (κ1) is 16.2. The number of esters is 1. The minimum Gasteiger partial charge on any atom is -0.455 e. The molecule has 0 radical (unpaired) electrons. The van der Waals surface area contributed by atoms with Crippen LogP contribution in [-0.4, -0.2) is 18.5 Å². The lowest BCUT2D eigenvalue weighted by Crippen LogP contribution is -2.21. The molecule has 114 valence electrons. The second-order valence-corrected chi connectivity index (χ2v) is 5.43. The first-order valence-electron chi connectivity index (χ1n) is 6.48. The summed E-state index contributed by atoms with van der Waals surface area (Å²) >= 11 is 3.29. The standard InChI is InChI=1S/C16H13BrFNO3/c17-12-3-7-14(8-4-12)19-15(20)10-22-16(21)9-11-1-5-13(18)6-2-11/h1-8H,9-10H2,(H,19,20). The number of amides is 1. The lowest BCUT2D eigenvalue weighted by Gasteiger charge is -2.07. The molecule has 0 aliphatic carbocycles. The van der Waals surface area contributed by atoms with Crippen LogP contribution in [0.5, 0.6) is 0 Å². The minimum atomic E-state index is -0.544. The van der Waals surface area contributed by atoms with E-state index >= 15 is 0 Å². The third kappa shape index (κ3) is 5.29. The van der Waals surface area contributed by atoms with Crippen LogP contribution < -0.4 is 5.32 Å². The van der Waals surface area contributed by atoms with Crippen LogP contribution in [0.15, 0.2) is 53.0 Å². The predicted molar refractivity (Wildman–Crippen MR) is 83.8 cm³/mol. The number of benzene rings is 2. The molecule has 0 saturated heterocycles. The van der Waals surface area contributed by atoms with Crippen molar-refractivity contribution in [3.63, 3.8) is 0 Å². The molecule has 22 heavy (non-hydrogen) atoms. The van der Waals surface area contributed by atoms with E-state index in [9.17, 15) is 14.0 Å². The summed E-state index contributed by atoms with van der Waals surface area (Å²) in [6.45, 7) is -0.365. The Hall–Kier alpha value is -2.21. The summed E-state index contributed by atoms with van der Waals surface area (Å²) in [5.41, 5.74) is 1.24. The summed E-state index contributed by atoms with van der Waals surface area (Å²) in [6, 6.07) is 12.6. The highest BCUT2D eigenvalue weighted by molar-refractivity contribution is 9.10. The van der Waals surface area contributed by atoms with Crippen LogP contribution in [0.1, 0.15) is 5.56 Å². The molecule has 2 aromatic rings. The van der Waals surface area contributed by atoms with Gasteiger partial charge in [-0.15, -0.1) is 0 Å². The molecule has 0 spiro atoms. The molecule has 1 N–H and O–H groups in total. The molecule has 2 aromatic carbocycles. The van der Waals surface area contributed by atoms with Gasteiger partial charge >= 0.3 is 5.97 Å². The van der Waals surface area contributed by atoms with E-state index in [0.29, 0.717) is 11.3 Å². The molecular formula is C16H13BrFNO3. The van der Waals surface area contributed by atoms with Gasteiger partial charge in [0, 0.05) is 10.2 Å². The Morgan fingerprint density at radius 3 is 2.32 bits per heavy atom. The normalized spacial score (nSPS) is 10.1. The van der Waals surface area contributed by atoms with Crippen molar-refractivity contribution in [3.05, 3.63) is 64.4 Å². The van der Waals surface area contributed by atoms with E-state index in [1.807, 2.05) is 0 Å². The van der Waals surface area contributed by atoms with Crippen molar-refractivity contribution in [2.24, 2.45) is 0 Å². The van der Waals surface area contributed by atoms with Gasteiger partial charge in [0.05, 0.1) is 6.42 Å². The zero-order valence-electron chi connectivity index (χ0n) is 11.5. The number of ether oxygens (including phenoxy) is 1. The Kier molecular flexibility index (Phi) is 5.66. The first-order valence-corrected chi connectivity index (χ1v) is 7.28. The SMILES string of the molecule is O=C(COC(=O)Cc1ccc(F)cc1)Nc1ccc(Br)cc1. The zero-order valence-corrected chi connectivity index (χ0v) is 13.1. The molecule has 0 atom stereocenters. The topological polar surface area (TPSA) is 55.4 Å². The smallest absolute Gasteiger partial charge is 0.310 e. The summed E-state index contributed by atoms with van der Waals surface area (Å²) in [4.78, 5) is 23.2. The largest absolute Gasteiger partial charge is 0.455 e. The highest BCUT2D eigenvalue weighted by atomic mass is 79.9. The number of rotatable bonds is 5. The average Bonchev–Trinajstić information content (AvgIpc) is 2.50. The second kappa shape index (κ2) is 7.70. The molecule has 4 nitrogen and oxygen atoms in total. The van der Waals surface area contributed by atoms with Gasteiger partial charge in [0.15, 0.2) is 6.61 Å². The van der Waals surface area contributed by atoms with Crippen LogP contribution in [0.25, 0.3) is 0 Å². The van der Waals surface area contributed by atoms with Gasteiger partial charge < -0.3 is 10.1 Å². The zero-order chi connectivity index (χ0) is 15.9. The lowest BCUT2D eigenvalue weighted by atomic mass is 10.1. The molecule has 0 aliphatic heterocycles. The molecule has 6 heteroatoms. The summed E-state index contributed by atoms with van der Waals surface area (Å²) in [7, 11) is 0. The maximum Gasteiger partial charge on any atom is 0.310 e. The fraction of sp³-hybridized carbons (Fsp3) is 0.125. The van der Waals surface area contributed by atoms with E-state index in [4.69, 9.17) is 4.74 Å². The van der Waals surface area contributed by atoms with Gasteiger partial charge in [-0.25, -0.2) is 4.39 Å². The van der Waals surface area contributed by atoms with Gasteiger partial charge in [-0.2, -0.15) is 0 Å². The van der Waals surface area contributed by atoms with Gasteiger partial charge in [-0.05, 0) is 42.0 Å². The van der Waals surface area contributed by atoms with Gasteiger partial charge in [-0.1, -0.05) is 28.1 Å². The van der Waals surface area contributed by atoms with Gasteiger partial charge in [-0.3, -0.25) is 9.59 Å². The average molecular weight is 366 g/mol. The molecular weight excluding hydrogens is 353 g/mol. The maximum atomic E-state index is 12.7. The number of hydrogen-bond acceptors (Lipinski definition) is 3. The van der Waals surface area contributed by atoms with E-state index in [1.54, 1.807) is 24.3 Å². The molecule has 0 unspecified atom stereocenters. The number of hydrogen-bond donors (Lipinski definition) is 1. The number of carbonyl (C=O) groups is 2. The third-order valence-corrected chi connectivity index (χ3v) is 3.28. The van der Waals surface area contributed by atoms with Crippen LogP contribution in [-0.2, 0) is 20.7 Å². The predicted octanol–water partition coefficient (Wildman–Crippen LogP) is 3.31. The minimum absolute atomic E-state index is 0.00809. The summed E-state index contributed by atoms with van der Waals surface area (Å²) in [6.07, 6.45) is -0.00809. The Labute approximate surface area is 135 Å². The van der Waals surface area contributed by atoms with Crippen LogP contribution in [0.4, 0.5) is 10.1 Å².